The van der Waals surface area contributed by atoms with Gasteiger partial charge in [0.05, 0.1) is 12.3 Å². The van der Waals surface area contributed by atoms with Crippen molar-refractivity contribution in [3.63, 3.8) is 0 Å². The Labute approximate surface area is 99.5 Å². The molecule has 2 rings (SSSR count). The van der Waals surface area contributed by atoms with E-state index >= 15 is 0 Å². The van der Waals surface area contributed by atoms with Gasteiger partial charge in [-0.2, -0.15) is 5.10 Å². The zero-order valence-corrected chi connectivity index (χ0v) is 9.89. The Morgan fingerprint density at radius 1 is 1.47 bits per heavy atom. The van der Waals surface area contributed by atoms with Gasteiger partial charge in [0.2, 0.25) is 0 Å². The zero-order chi connectivity index (χ0) is 12.4. The molecule has 1 unspecified atom stereocenters. The second-order valence-electron chi connectivity index (χ2n) is 4.16. The fraction of sp³-hybridized carbons (Fsp3) is 0.308. The van der Waals surface area contributed by atoms with Crippen molar-refractivity contribution in [1.29, 1.82) is 0 Å². The Morgan fingerprint density at radius 3 is 2.82 bits per heavy atom. The highest BCUT2D eigenvalue weighted by Gasteiger charge is 2.14. The molecule has 0 aliphatic heterocycles. The normalized spacial score (nSPS) is 12.7. The standard InChI is InChI=1S/C13H15FN2O/c1-9-12(8-15-16(9)2)13(17)7-10-4-3-5-11(14)6-10/h3-6,8,13,17H,7H2,1-2H3. The first kappa shape index (κ1) is 11.8. The predicted molar refractivity (Wildman–Crippen MR) is 63.0 cm³/mol. The monoisotopic (exact) mass is 234 g/mol. The number of aliphatic hydroxyl groups excluding tert-OH is 1. The van der Waals surface area contributed by atoms with E-state index < -0.39 is 6.10 Å². The lowest BCUT2D eigenvalue weighted by molar-refractivity contribution is 0.177. The summed E-state index contributed by atoms with van der Waals surface area (Å²) in [7, 11) is 1.83. The molecule has 0 aliphatic rings. The third-order valence-electron chi connectivity index (χ3n) is 2.95. The van der Waals surface area contributed by atoms with Crippen molar-refractivity contribution < 1.29 is 9.50 Å². The first-order chi connectivity index (χ1) is 8.08. The summed E-state index contributed by atoms with van der Waals surface area (Å²) in [5.41, 5.74) is 2.49. The van der Waals surface area contributed by atoms with E-state index in [4.69, 9.17) is 0 Å². The molecule has 1 atom stereocenters. The first-order valence-electron chi connectivity index (χ1n) is 5.49. The summed E-state index contributed by atoms with van der Waals surface area (Å²) in [4.78, 5) is 0. The van der Waals surface area contributed by atoms with Gasteiger partial charge < -0.3 is 5.11 Å². The molecule has 1 heterocycles. The highest BCUT2D eigenvalue weighted by atomic mass is 19.1. The van der Waals surface area contributed by atoms with Gasteiger partial charge >= 0.3 is 0 Å². The van der Waals surface area contributed by atoms with Crippen LogP contribution in [0.1, 0.15) is 22.9 Å². The third kappa shape index (κ3) is 2.53. The maximum atomic E-state index is 13.0. The van der Waals surface area contributed by atoms with Crippen LogP contribution in [0.5, 0.6) is 0 Å². The van der Waals surface area contributed by atoms with Crippen molar-refractivity contribution in [1.82, 2.24) is 9.78 Å². The number of nitrogens with zero attached hydrogens (tertiary/aromatic N) is 2. The van der Waals surface area contributed by atoms with E-state index in [0.29, 0.717) is 6.42 Å². The van der Waals surface area contributed by atoms with Crippen LogP contribution < -0.4 is 0 Å². The molecular formula is C13H15FN2O. The number of rotatable bonds is 3. The van der Waals surface area contributed by atoms with E-state index in [0.717, 1.165) is 16.8 Å². The van der Waals surface area contributed by atoms with Gasteiger partial charge in [-0.3, -0.25) is 4.68 Å². The summed E-state index contributed by atoms with van der Waals surface area (Å²) in [6.45, 7) is 1.90. The Kier molecular flexibility index (Phi) is 3.24. The predicted octanol–water partition coefficient (Wildman–Crippen LogP) is 2.14. The lowest BCUT2D eigenvalue weighted by Crippen LogP contribution is -2.04. The molecule has 0 amide bonds. The lowest BCUT2D eigenvalue weighted by Gasteiger charge is -2.10. The molecule has 1 aromatic heterocycles. The maximum Gasteiger partial charge on any atom is 0.123 e. The molecule has 0 bridgehead atoms. The summed E-state index contributed by atoms with van der Waals surface area (Å²) in [6.07, 6.45) is 1.40. The maximum absolute atomic E-state index is 13.0. The lowest BCUT2D eigenvalue weighted by atomic mass is 10.0. The van der Waals surface area contributed by atoms with Crippen LogP contribution in [0.4, 0.5) is 4.39 Å². The largest absolute Gasteiger partial charge is 0.388 e. The molecule has 0 spiro atoms. The molecule has 1 N–H and O–H groups in total. The van der Waals surface area contributed by atoms with E-state index in [2.05, 4.69) is 5.10 Å². The number of aromatic nitrogens is 2. The van der Waals surface area contributed by atoms with Crippen LogP contribution in [0.15, 0.2) is 30.5 Å². The van der Waals surface area contributed by atoms with Gasteiger partial charge in [-0.25, -0.2) is 4.39 Å². The minimum absolute atomic E-state index is 0.280. The third-order valence-corrected chi connectivity index (χ3v) is 2.95. The van der Waals surface area contributed by atoms with Crippen LogP contribution in [0.2, 0.25) is 0 Å². The molecule has 3 nitrogen and oxygen atoms in total. The van der Waals surface area contributed by atoms with Crippen LogP contribution in [-0.4, -0.2) is 14.9 Å². The summed E-state index contributed by atoms with van der Waals surface area (Å²) in [5, 5.41) is 14.2. The van der Waals surface area contributed by atoms with Gasteiger partial charge in [-0.1, -0.05) is 12.1 Å². The summed E-state index contributed by atoms with van der Waals surface area (Å²) in [6, 6.07) is 6.28. The second-order valence-corrected chi connectivity index (χ2v) is 4.16. The molecule has 0 radical (unpaired) electrons. The summed E-state index contributed by atoms with van der Waals surface area (Å²) in [5.74, 6) is -0.280. The minimum Gasteiger partial charge on any atom is -0.388 e. The van der Waals surface area contributed by atoms with Crippen LogP contribution in [0.3, 0.4) is 0 Å². The van der Waals surface area contributed by atoms with E-state index in [1.807, 2.05) is 14.0 Å². The Balaban J connectivity index is 2.17. The van der Waals surface area contributed by atoms with Gasteiger partial charge in [-0.15, -0.1) is 0 Å². The first-order valence-corrected chi connectivity index (χ1v) is 5.49. The van der Waals surface area contributed by atoms with Crippen molar-refractivity contribution in [3.05, 3.63) is 53.1 Å². The highest BCUT2D eigenvalue weighted by molar-refractivity contribution is 5.23. The van der Waals surface area contributed by atoms with Crippen molar-refractivity contribution >= 4 is 0 Å². The summed E-state index contributed by atoms with van der Waals surface area (Å²) < 4.78 is 14.7. The van der Waals surface area contributed by atoms with Gasteiger partial charge in [0.1, 0.15) is 5.82 Å². The molecule has 17 heavy (non-hydrogen) atoms. The number of aliphatic hydroxyl groups is 1. The highest BCUT2D eigenvalue weighted by Crippen LogP contribution is 2.21. The Morgan fingerprint density at radius 2 is 2.24 bits per heavy atom. The molecule has 0 fully saturated rings. The molecule has 0 saturated carbocycles. The van der Waals surface area contributed by atoms with Gasteiger partial charge in [0, 0.05) is 24.7 Å². The van der Waals surface area contributed by atoms with Crippen molar-refractivity contribution in [3.8, 4) is 0 Å². The van der Waals surface area contributed by atoms with E-state index in [1.165, 1.54) is 12.1 Å². The van der Waals surface area contributed by atoms with Gasteiger partial charge in [-0.05, 0) is 24.6 Å². The second kappa shape index (κ2) is 4.67. The Hall–Kier alpha value is -1.68. The molecule has 90 valence electrons. The number of hydrogen-bond donors (Lipinski definition) is 1. The van der Waals surface area contributed by atoms with Crippen LogP contribution >= 0.6 is 0 Å². The topological polar surface area (TPSA) is 38.1 Å². The van der Waals surface area contributed by atoms with Crippen molar-refractivity contribution in [2.75, 3.05) is 0 Å². The van der Waals surface area contributed by atoms with Crippen molar-refractivity contribution in [2.24, 2.45) is 7.05 Å². The quantitative estimate of drug-likeness (QED) is 0.883. The molecule has 0 aliphatic carbocycles. The Bertz CT molecular complexity index is 522. The summed E-state index contributed by atoms with van der Waals surface area (Å²) >= 11 is 0. The molecule has 1 aromatic carbocycles. The number of hydrogen-bond acceptors (Lipinski definition) is 2. The molecular weight excluding hydrogens is 219 g/mol. The van der Waals surface area contributed by atoms with Gasteiger partial charge in [0.25, 0.3) is 0 Å². The van der Waals surface area contributed by atoms with Gasteiger partial charge in [0.15, 0.2) is 0 Å². The van der Waals surface area contributed by atoms with E-state index in [1.54, 1.807) is 23.0 Å². The van der Waals surface area contributed by atoms with Crippen LogP contribution in [-0.2, 0) is 13.5 Å². The fourth-order valence-electron chi connectivity index (χ4n) is 1.84. The zero-order valence-electron chi connectivity index (χ0n) is 9.89. The van der Waals surface area contributed by atoms with Crippen LogP contribution in [0.25, 0.3) is 0 Å². The molecule has 0 saturated heterocycles. The van der Waals surface area contributed by atoms with Crippen LogP contribution in [0, 0.1) is 12.7 Å². The smallest absolute Gasteiger partial charge is 0.123 e. The average Bonchev–Trinajstić information content (AvgIpc) is 2.60. The molecule has 2 aromatic rings. The fourth-order valence-corrected chi connectivity index (χ4v) is 1.84. The SMILES string of the molecule is Cc1c(C(O)Cc2cccc(F)c2)cnn1C. The van der Waals surface area contributed by atoms with Crippen molar-refractivity contribution in [2.45, 2.75) is 19.4 Å². The number of halogens is 1. The molecule has 4 heteroatoms. The number of benzene rings is 1. The average molecular weight is 234 g/mol. The minimum atomic E-state index is -0.648. The van der Waals surface area contributed by atoms with E-state index in [-0.39, 0.29) is 5.82 Å². The number of aryl methyl sites for hydroxylation is 1. The van der Waals surface area contributed by atoms with E-state index in [9.17, 15) is 9.50 Å².